The monoisotopic (exact) mass is 383 g/mol. The molecule has 2 nitrogen and oxygen atoms in total. The molecule has 2 aromatic rings. The summed E-state index contributed by atoms with van der Waals surface area (Å²) >= 11 is 3.57. The Morgan fingerprint density at radius 3 is 2.62 bits per heavy atom. The maximum atomic E-state index is 5.50. The number of hydrogen-bond donors (Lipinski definition) is 1. The van der Waals surface area contributed by atoms with Crippen molar-refractivity contribution in [3.63, 3.8) is 0 Å². The van der Waals surface area contributed by atoms with Crippen molar-refractivity contribution in [1.82, 2.24) is 0 Å². The van der Waals surface area contributed by atoms with E-state index in [4.69, 9.17) is 4.74 Å². The van der Waals surface area contributed by atoms with E-state index < -0.39 is 0 Å². The molecular formula is C21H22BrNO. The summed E-state index contributed by atoms with van der Waals surface area (Å²) < 4.78 is 6.65. The lowest BCUT2D eigenvalue weighted by atomic mass is 9.68. The second-order valence-corrected chi connectivity index (χ2v) is 8.48. The van der Waals surface area contributed by atoms with E-state index in [1.807, 2.05) is 0 Å². The van der Waals surface area contributed by atoms with Crippen molar-refractivity contribution in [3.05, 3.63) is 58.1 Å². The molecule has 0 amide bonds. The van der Waals surface area contributed by atoms with E-state index in [0.717, 1.165) is 22.1 Å². The average molecular weight is 384 g/mol. The third kappa shape index (κ3) is 2.13. The smallest absolute Gasteiger partial charge is 0.119 e. The summed E-state index contributed by atoms with van der Waals surface area (Å²) in [6, 6.07) is 15.9. The Morgan fingerprint density at radius 2 is 1.83 bits per heavy atom. The molecule has 0 radical (unpaired) electrons. The highest BCUT2D eigenvalue weighted by molar-refractivity contribution is 9.10. The molecule has 0 saturated heterocycles. The van der Waals surface area contributed by atoms with E-state index in [1.54, 1.807) is 7.11 Å². The Bertz CT molecular complexity index is 772. The fourth-order valence-corrected chi connectivity index (χ4v) is 5.86. The Morgan fingerprint density at radius 1 is 1.04 bits per heavy atom. The van der Waals surface area contributed by atoms with Crippen LogP contribution < -0.4 is 10.1 Å². The summed E-state index contributed by atoms with van der Waals surface area (Å²) in [5.74, 6) is 4.10. The zero-order valence-corrected chi connectivity index (χ0v) is 15.4. The number of hydrogen-bond acceptors (Lipinski definition) is 2. The van der Waals surface area contributed by atoms with E-state index in [-0.39, 0.29) is 0 Å². The van der Waals surface area contributed by atoms with Crippen molar-refractivity contribution >= 4 is 21.6 Å². The van der Waals surface area contributed by atoms with Crippen molar-refractivity contribution in [3.8, 4) is 5.75 Å². The minimum absolute atomic E-state index is 0.430. The first kappa shape index (κ1) is 14.8. The predicted molar refractivity (Wildman–Crippen MR) is 101 cm³/mol. The van der Waals surface area contributed by atoms with Crippen molar-refractivity contribution in [2.24, 2.45) is 17.8 Å². The number of methoxy groups -OCH3 is 1. The lowest BCUT2D eigenvalue weighted by Gasteiger charge is -2.43. The second-order valence-electron chi connectivity index (χ2n) is 7.56. The van der Waals surface area contributed by atoms with Crippen LogP contribution in [-0.4, -0.2) is 7.11 Å². The Kier molecular flexibility index (Phi) is 3.41. The zero-order valence-electron chi connectivity index (χ0n) is 13.8. The van der Waals surface area contributed by atoms with Gasteiger partial charge in [-0.1, -0.05) is 28.1 Å². The quantitative estimate of drug-likeness (QED) is 0.712. The molecule has 2 fully saturated rings. The van der Waals surface area contributed by atoms with Crippen LogP contribution in [0.15, 0.2) is 46.9 Å². The molecule has 2 saturated carbocycles. The minimum Gasteiger partial charge on any atom is -0.497 e. The SMILES string of the molecule is COc1ccc2c(c1)[C@H]1[C@@H]3CC[C@@H](C3)[C@H]1C(c1ccc(Br)cc1)N2. The molecule has 3 heteroatoms. The van der Waals surface area contributed by atoms with Gasteiger partial charge in [-0.2, -0.15) is 0 Å². The van der Waals surface area contributed by atoms with Crippen LogP contribution in [-0.2, 0) is 0 Å². The molecule has 5 atom stereocenters. The maximum absolute atomic E-state index is 5.50. The molecule has 1 aliphatic heterocycles. The summed E-state index contributed by atoms with van der Waals surface area (Å²) in [5, 5.41) is 3.87. The molecule has 1 unspecified atom stereocenters. The lowest BCUT2D eigenvalue weighted by Crippen LogP contribution is -2.35. The number of anilines is 1. The normalized spacial score (nSPS) is 32.8. The Hall–Kier alpha value is -1.48. The number of nitrogens with one attached hydrogen (secondary N) is 1. The van der Waals surface area contributed by atoms with Crippen LogP contribution in [0, 0.1) is 17.8 Å². The van der Waals surface area contributed by atoms with Crippen molar-refractivity contribution in [2.45, 2.75) is 31.2 Å². The minimum atomic E-state index is 0.430. The summed E-state index contributed by atoms with van der Waals surface area (Å²) in [5.41, 5.74) is 4.21. The summed E-state index contributed by atoms with van der Waals surface area (Å²) in [6.45, 7) is 0. The van der Waals surface area contributed by atoms with E-state index in [2.05, 4.69) is 63.7 Å². The zero-order chi connectivity index (χ0) is 16.3. The molecular weight excluding hydrogens is 362 g/mol. The van der Waals surface area contributed by atoms with E-state index in [1.165, 1.54) is 36.1 Å². The number of fused-ring (bicyclic) bond motifs is 7. The van der Waals surface area contributed by atoms with Crippen LogP contribution in [0.1, 0.15) is 42.3 Å². The first-order valence-electron chi connectivity index (χ1n) is 8.94. The molecule has 2 bridgehead atoms. The van der Waals surface area contributed by atoms with E-state index in [9.17, 15) is 0 Å². The van der Waals surface area contributed by atoms with Crippen LogP contribution >= 0.6 is 15.9 Å². The van der Waals surface area contributed by atoms with Crippen molar-refractivity contribution < 1.29 is 4.74 Å². The van der Waals surface area contributed by atoms with Gasteiger partial charge in [0, 0.05) is 10.2 Å². The highest BCUT2D eigenvalue weighted by atomic mass is 79.9. The van der Waals surface area contributed by atoms with E-state index >= 15 is 0 Å². The molecule has 124 valence electrons. The average Bonchev–Trinajstić information content (AvgIpc) is 3.23. The van der Waals surface area contributed by atoms with Crippen molar-refractivity contribution in [1.29, 1.82) is 0 Å². The van der Waals surface area contributed by atoms with Gasteiger partial charge in [-0.25, -0.2) is 0 Å². The topological polar surface area (TPSA) is 21.3 Å². The summed E-state index contributed by atoms with van der Waals surface area (Å²) in [6.07, 6.45) is 4.20. The van der Waals surface area contributed by atoms with Gasteiger partial charge >= 0.3 is 0 Å². The van der Waals surface area contributed by atoms with Gasteiger partial charge in [-0.15, -0.1) is 0 Å². The van der Waals surface area contributed by atoms with Crippen LogP contribution in [0.5, 0.6) is 5.75 Å². The molecule has 1 heterocycles. The lowest BCUT2D eigenvalue weighted by molar-refractivity contribution is 0.247. The van der Waals surface area contributed by atoms with Crippen LogP contribution in [0.3, 0.4) is 0 Å². The van der Waals surface area contributed by atoms with Gasteiger partial charge in [0.2, 0.25) is 0 Å². The number of ether oxygens (including phenoxy) is 1. The Labute approximate surface area is 151 Å². The van der Waals surface area contributed by atoms with Gasteiger partial charge in [0.05, 0.1) is 13.2 Å². The molecule has 1 N–H and O–H groups in total. The highest BCUT2D eigenvalue weighted by Gasteiger charge is 2.53. The molecule has 3 aliphatic rings. The maximum Gasteiger partial charge on any atom is 0.119 e. The first-order valence-corrected chi connectivity index (χ1v) is 9.74. The second kappa shape index (κ2) is 5.52. The molecule has 5 rings (SSSR count). The largest absolute Gasteiger partial charge is 0.497 e. The number of rotatable bonds is 2. The van der Waals surface area contributed by atoms with Crippen LogP contribution in [0.25, 0.3) is 0 Å². The molecule has 2 aliphatic carbocycles. The van der Waals surface area contributed by atoms with Gasteiger partial charge in [0.15, 0.2) is 0 Å². The van der Waals surface area contributed by atoms with Crippen LogP contribution in [0.4, 0.5) is 5.69 Å². The van der Waals surface area contributed by atoms with Gasteiger partial charge < -0.3 is 10.1 Å². The van der Waals surface area contributed by atoms with Gasteiger partial charge in [0.1, 0.15) is 5.75 Å². The van der Waals surface area contributed by atoms with Gasteiger partial charge in [-0.3, -0.25) is 0 Å². The van der Waals surface area contributed by atoms with Gasteiger partial charge in [-0.05, 0) is 84.4 Å². The van der Waals surface area contributed by atoms with Crippen molar-refractivity contribution in [2.75, 3.05) is 12.4 Å². The molecule has 2 aromatic carbocycles. The number of benzene rings is 2. The van der Waals surface area contributed by atoms with E-state index in [0.29, 0.717) is 17.9 Å². The summed E-state index contributed by atoms with van der Waals surface area (Å²) in [4.78, 5) is 0. The van der Waals surface area contributed by atoms with Gasteiger partial charge in [0.25, 0.3) is 0 Å². The molecule has 0 spiro atoms. The summed E-state index contributed by atoms with van der Waals surface area (Å²) in [7, 11) is 1.76. The molecule has 0 aromatic heterocycles. The molecule has 24 heavy (non-hydrogen) atoms. The predicted octanol–water partition coefficient (Wildman–Crippen LogP) is 5.75. The standard InChI is InChI=1S/C21H22BrNO/c1-24-16-8-9-18-17(11-16)19-13-2-3-14(10-13)20(19)21(23-18)12-4-6-15(22)7-5-12/h4-9,11,13-14,19-21,23H,2-3,10H2,1H3/t13-,14+,19-,20-,21?/m1/s1. The fourth-order valence-electron chi connectivity index (χ4n) is 5.59. The highest BCUT2D eigenvalue weighted by Crippen LogP contribution is 2.63. The third-order valence-corrected chi connectivity index (χ3v) is 7.05. The van der Waals surface area contributed by atoms with Crippen LogP contribution in [0.2, 0.25) is 0 Å². The fraction of sp³-hybridized carbons (Fsp3) is 0.429. The third-order valence-electron chi connectivity index (χ3n) is 6.52. The first-order chi connectivity index (χ1) is 11.7. The Balaban J connectivity index is 1.62. The number of halogens is 1.